The van der Waals surface area contributed by atoms with E-state index in [1.165, 1.54) is 25.0 Å². The number of rotatable bonds is 10. The van der Waals surface area contributed by atoms with Crippen molar-refractivity contribution in [2.75, 3.05) is 13.1 Å². The molecule has 0 saturated heterocycles. The minimum absolute atomic E-state index is 0.226. The van der Waals surface area contributed by atoms with Gasteiger partial charge in [-0.1, -0.05) is 25.0 Å². The smallest absolute Gasteiger partial charge is 0.222 e. The number of hydrogen-bond donors (Lipinski definition) is 1. The van der Waals surface area contributed by atoms with Gasteiger partial charge in [0.05, 0.1) is 0 Å². The molecule has 0 atom stereocenters. The highest BCUT2D eigenvalue weighted by atomic mass is 19.1. The Morgan fingerprint density at radius 3 is 2.45 bits per heavy atom. The van der Waals surface area contributed by atoms with Gasteiger partial charge in [0.15, 0.2) is 0 Å². The molecule has 0 aliphatic heterocycles. The number of nitrogens with zero attached hydrogens (tertiary/aromatic N) is 1. The maximum absolute atomic E-state index is 13.0. The van der Waals surface area contributed by atoms with Crippen molar-refractivity contribution in [3.63, 3.8) is 0 Å². The van der Waals surface area contributed by atoms with E-state index in [2.05, 4.69) is 0 Å². The molecule has 4 heteroatoms. The van der Waals surface area contributed by atoms with E-state index < -0.39 is 0 Å². The molecule has 0 unspecified atom stereocenters. The highest BCUT2D eigenvalue weighted by Crippen LogP contribution is 2.30. The van der Waals surface area contributed by atoms with E-state index >= 15 is 0 Å². The molecule has 0 bridgehead atoms. The molecule has 0 radical (unpaired) electrons. The molecule has 1 fully saturated rings. The molecule has 2 rings (SSSR count). The van der Waals surface area contributed by atoms with Crippen molar-refractivity contribution in [3.05, 3.63) is 35.6 Å². The van der Waals surface area contributed by atoms with E-state index in [-0.39, 0.29) is 11.7 Å². The van der Waals surface area contributed by atoms with Gasteiger partial charge in [0, 0.05) is 19.5 Å². The number of hydrogen-bond acceptors (Lipinski definition) is 2. The van der Waals surface area contributed by atoms with Gasteiger partial charge in [0.1, 0.15) is 5.82 Å². The third-order valence-electron chi connectivity index (χ3n) is 4.16. The fourth-order valence-corrected chi connectivity index (χ4v) is 2.61. The van der Waals surface area contributed by atoms with E-state index in [4.69, 9.17) is 5.73 Å². The summed E-state index contributed by atoms with van der Waals surface area (Å²) in [6.07, 6.45) is 7.20. The molecule has 22 heavy (non-hydrogen) atoms. The van der Waals surface area contributed by atoms with Crippen molar-refractivity contribution in [1.82, 2.24) is 4.90 Å². The van der Waals surface area contributed by atoms with Gasteiger partial charge >= 0.3 is 0 Å². The lowest BCUT2D eigenvalue weighted by Crippen LogP contribution is -2.32. The molecule has 1 amide bonds. The first kappa shape index (κ1) is 16.9. The van der Waals surface area contributed by atoms with E-state index in [0.29, 0.717) is 18.9 Å². The van der Waals surface area contributed by atoms with Crippen LogP contribution in [0.15, 0.2) is 24.3 Å². The lowest BCUT2D eigenvalue weighted by Gasteiger charge is -2.23. The van der Waals surface area contributed by atoms with Gasteiger partial charge in [0.25, 0.3) is 0 Å². The van der Waals surface area contributed by atoms with Crippen LogP contribution in [0.5, 0.6) is 0 Å². The zero-order valence-corrected chi connectivity index (χ0v) is 13.3. The van der Waals surface area contributed by atoms with Crippen molar-refractivity contribution in [2.45, 2.75) is 51.5 Å². The summed E-state index contributed by atoms with van der Waals surface area (Å²) in [5, 5.41) is 0. The van der Waals surface area contributed by atoms with Gasteiger partial charge in [-0.15, -0.1) is 0 Å². The Kier molecular flexibility index (Phi) is 6.84. The number of halogens is 1. The lowest BCUT2D eigenvalue weighted by molar-refractivity contribution is -0.132. The van der Waals surface area contributed by atoms with Crippen molar-refractivity contribution in [3.8, 4) is 0 Å². The second kappa shape index (κ2) is 8.89. The number of nitrogens with two attached hydrogens (primary N) is 1. The van der Waals surface area contributed by atoms with Crippen molar-refractivity contribution < 1.29 is 9.18 Å². The minimum atomic E-state index is -0.233. The van der Waals surface area contributed by atoms with Gasteiger partial charge in [-0.25, -0.2) is 4.39 Å². The molecule has 3 nitrogen and oxygen atoms in total. The Hall–Kier alpha value is -1.42. The number of amides is 1. The predicted octanol–water partition coefficient (Wildman–Crippen LogP) is 3.47. The van der Waals surface area contributed by atoms with Crippen LogP contribution < -0.4 is 5.73 Å². The highest BCUT2D eigenvalue weighted by molar-refractivity contribution is 5.76. The molecule has 1 aromatic carbocycles. The van der Waals surface area contributed by atoms with Crippen LogP contribution in [0, 0.1) is 11.7 Å². The van der Waals surface area contributed by atoms with Crippen LogP contribution in [0.1, 0.15) is 50.5 Å². The summed E-state index contributed by atoms with van der Waals surface area (Å²) >= 11 is 0. The second-order valence-electron chi connectivity index (χ2n) is 6.30. The third-order valence-corrected chi connectivity index (χ3v) is 4.16. The molecule has 0 spiro atoms. The fourth-order valence-electron chi connectivity index (χ4n) is 2.61. The largest absolute Gasteiger partial charge is 0.338 e. The topological polar surface area (TPSA) is 46.3 Å². The first-order chi connectivity index (χ1) is 10.7. The molecular formula is C18H27FN2O. The number of unbranched alkanes of at least 4 members (excludes halogenated alkanes) is 3. The van der Waals surface area contributed by atoms with Crippen molar-refractivity contribution >= 4 is 5.91 Å². The van der Waals surface area contributed by atoms with Crippen molar-refractivity contribution in [1.29, 1.82) is 0 Å². The van der Waals surface area contributed by atoms with Crippen LogP contribution in [-0.2, 0) is 11.3 Å². The summed E-state index contributed by atoms with van der Waals surface area (Å²) < 4.78 is 13.0. The predicted molar refractivity (Wildman–Crippen MR) is 86.7 cm³/mol. The second-order valence-corrected chi connectivity index (χ2v) is 6.30. The Morgan fingerprint density at radius 1 is 1.14 bits per heavy atom. The molecular weight excluding hydrogens is 279 g/mol. The van der Waals surface area contributed by atoms with Gasteiger partial charge in [-0.05, 0) is 55.8 Å². The standard InChI is InChI=1S/C18H27FN2O/c19-17-10-8-16(9-11-17)14-21(13-15-6-7-15)18(22)5-3-1-2-4-12-20/h8-11,15H,1-7,12-14,20H2. The molecule has 0 heterocycles. The molecule has 2 N–H and O–H groups in total. The average molecular weight is 306 g/mol. The maximum atomic E-state index is 13.0. The van der Waals surface area contributed by atoms with Gasteiger partial charge in [-0.2, -0.15) is 0 Å². The van der Waals surface area contributed by atoms with Crippen LogP contribution in [0.2, 0.25) is 0 Å². The molecule has 1 aromatic rings. The van der Waals surface area contributed by atoms with Crippen LogP contribution in [0.25, 0.3) is 0 Å². The summed E-state index contributed by atoms with van der Waals surface area (Å²) in [7, 11) is 0. The highest BCUT2D eigenvalue weighted by Gasteiger charge is 2.26. The van der Waals surface area contributed by atoms with E-state index in [0.717, 1.165) is 44.3 Å². The van der Waals surface area contributed by atoms with Gasteiger partial charge < -0.3 is 10.6 Å². The monoisotopic (exact) mass is 306 g/mol. The molecule has 1 aliphatic rings. The summed E-state index contributed by atoms with van der Waals surface area (Å²) in [5.41, 5.74) is 6.47. The third kappa shape index (κ3) is 6.14. The van der Waals surface area contributed by atoms with E-state index in [1.54, 1.807) is 12.1 Å². The van der Waals surface area contributed by atoms with Crippen LogP contribution >= 0.6 is 0 Å². The number of carbonyl (C=O) groups is 1. The molecule has 1 saturated carbocycles. The first-order valence-electron chi connectivity index (χ1n) is 8.41. The van der Waals surface area contributed by atoms with Gasteiger partial charge in [-0.3, -0.25) is 4.79 Å². The summed E-state index contributed by atoms with van der Waals surface area (Å²) in [4.78, 5) is 14.4. The molecule has 122 valence electrons. The Morgan fingerprint density at radius 2 is 1.82 bits per heavy atom. The lowest BCUT2D eigenvalue weighted by atomic mass is 10.1. The maximum Gasteiger partial charge on any atom is 0.222 e. The van der Waals surface area contributed by atoms with Crippen LogP contribution in [-0.4, -0.2) is 23.9 Å². The zero-order chi connectivity index (χ0) is 15.8. The quantitative estimate of drug-likeness (QED) is 0.673. The molecule has 1 aliphatic carbocycles. The fraction of sp³-hybridized carbons (Fsp3) is 0.611. The molecule has 0 aromatic heterocycles. The van der Waals surface area contributed by atoms with Crippen LogP contribution in [0.3, 0.4) is 0 Å². The Labute approximate surface area is 132 Å². The van der Waals surface area contributed by atoms with Gasteiger partial charge in [0.2, 0.25) is 5.91 Å². The Bertz CT molecular complexity index is 457. The van der Waals surface area contributed by atoms with E-state index in [9.17, 15) is 9.18 Å². The van der Waals surface area contributed by atoms with Crippen molar-refractivity contribution in [2.24, 2.45) is 11.7 Å². The first-order valence-corrected chi connectivity index (χ1v) is 8.41. The number of benzene rings is 1. The van der Waals surface area contributed by atoms with Crippen LogP contribution in [0.4, 0.5) is 4.39 Å². The Balaban J connectivity index is 1.82. The zero-order valence-electron chi connectivity index (χ0n) is 13.3. The SMILES string of the molecule is NCCCCCCC(=O)N(Cc1ccc(F)cc1)CC1CC1. The summed E-state index contributed by atoms with van der Waals surface area (Å²) in [6, 6.07) is 6.46. The normalized spacial score (nSPS) is 14.1. The average Bonchev–Trinajstić information content (AvgIpc) is 3.32. The summed E-state index contributed by atoms with van der Waals surface area (Å²) in [5.74, 6) is 0.661. The van der Waals surface area contributed by atoms with E-state index in [1.807, 2.05) is 4.90 Å². The summed E-state index contributed by atoms with van der Waals surface area (Å²) in [6.45, 7) is 2.17. The minimum Gasteiger partial charge on any atom is -0.338 e. The number of carbonyl (C=O) groups excluding carboxylic acids is 1.